The Morgan fingerprint density at radius 3 is 2.43 bits per heavy atom. The molecule has 0 spiro atoms. The maximum atomic E-state index is 5.87. The molecule has 0 atom stereocenters. The highest BCUT2D eigenvalue weighted by atomic mass is 32.1. The van der Waals surface area contributed by atoms with Crippen molar-refractivity contribution in [3.05, 3.63) is 29.3 Å². The first kappa shape index (κ1) is 22.7. The molecular formula is C24H36N2O3S. The van der Waals surface area contributed by atoms with Crippen LogP contribution in [0.2, 0.25) is 0 Å². The third kappa shape index (κ3) is 5.60. The Morgan fingerprint density at radius 1 is 1.03 bits per heavy atom. The molecule has 30 heavy (non-hydrogen) atoms. The molecule has 0 amide bonds. The number of hydrogen-bond donors (Lipinski definition) is 1. The van der Waals surface area contributed by atoms with Crippen LogP contribution >= 0.6 is 12.2 Å². The third-order valence-electron chi connectivity index (χ3n) is 6.26. The third-order valence-corrected chi connectivity index (χ3v) is 6.64. The molecule has 0 unspecified atom stereocenters. The summed E-state index contributed by atoms with van der Waals surface area (Å²) in [7, 11) is 4.96. The summed E-state index contributed by atoms with van der Waals surface area (Å²) in [6.07, 6.45) is 13.5. The van der Waals surface area contributed by atoms with Crippen LogP contribution in [0.3, 0.4) is 0 Å². The molecule has 1 aromatic carbocycles. The monoisotopic (exact) mass is 432 g/mol. The summed E-state index contributed by atoms with van der Waals surface area (Å²) in [6.45, 7) is 1.60. The maximum absolute atomic E-state index is 5.87. The van der Waals surface area contributed by atoms with Crippen LogP contribution in [0.4, 0.5) is 0 Å². The number of nitrogens with one attached hydrogen (secondary N) is 1. The van der Waals surface area contributed by atoms with Crippen molar-refractivity contribution in [2.24, 2.45) is 0 Å². The van der Waals surface area contributed by atoms with Crippen LogP contribution in [0.25, 0.3) is 0 Å². The van der Waals surface area contributed by atoms with Crippen molar-refractivity contribution in [1.29, 1.82) is 0 Å². The van der Waals surface area contributed by atoms with E-state index in [1.165, 1.54) is 51.4 Å². The number of hydrogen-bond acceptors (Lipinski definition) is 4. The largest absolute Gasteiger partial charge is 0.493 e. The Balaban J connectivity index is 1.72. The van der Waals surface area contributed by atoms with Crippen LogP contribution in [-0.4, -0.2) is 43.9 Å². The van der Waals surface area contributed by atoms with E-state index < -0.39 is 0 Å². The molecule has 1 saturated carbocycles. The lowest BCUT2D eigenvalue weighted by Crippen LogP contribution is -2.45. The summed E-state index contributed by atoms with van der Waals surface area (Å²) < 4.78 is 16.7. The number of allylic oxidation sites excluding steroid dienone is 1. The van der Waals surface area contributed by atoms with Gasteiger partial charge in [0.1, 0.15) is 0 Å². The summed E-state index contributed by atoms with van der Waals surface area (Å²) in [5, 5.41) is 4.38. The Kier molecular flexibility index (Phi) is 8.67. The van der Waals surface area contributed by atoms with E-state index in [9.17, 15) is 0 Å². The van der Waals surface area contributed by atoms with Gasteiger partial charge in [-0.2, -0.15) is 0 Å². The van der Waals surface area contributed by atoms with Crippen molar-refractivity contribution in [3.8, 4) is 17.2 Å². The first-order chi connectivity index (χ1) is 14.7. The molecular weight excluding hydrogens is 396 g/mol. The van der Waals surface area contributed by atoms with Crippen LogP contribution < -0.4 is 19.5 Å². The SMILES string of the molecule is COc1ccc(CN(C(=S)NCCC2=CCCCC2)C2CCCC2)c(OC)c1OC. The van der Waals surface area contributed by atoms with Gasteiger partial charge in [-0.15, -0.1) is 0 Å². The molecule has 2 aliphatic rings. The van der Waals surface area contributed by atoms with E-state index in [2.05, 4.69) is 22.4 Å². The molecule has 0 bridgehead atoms. The molecule has 1 N–H and O–H groups in total. The number of benzene rings is 1. The maximum Gasteiger partial charge on any atom is 0.203 e. The number of nitrogens with zero attached hydrogens (tertiary/aromatic N) is 1. The Labute approximate surface area is 186 Å². The normalized spacial score (nSPS) is 16.7. The van der Waals surface area contributed by atoms with Crippen LogP contribution in [0.1, 0.15) is 63.4 Å². The molecule has 0 heterocycles. The molecule has 5 nitrogen and oxygen atoms in total. The van der Waals surface area contributed by atoms with Gasteiger partial charge in [-0.3, -0.25) is 0 Å². The van der Waals surface area contributed by atoms with Gasteiger partial charge in [0.05, 0.1) is 21.3 Å². The first-order valence-corrected chi connectivity index (χ1v) is 11.6. The molecule has 1 aromatic rings. The Bertz CT molecular complexity index is 744. The number of rotatable bonds is 9. The number of ether oxygens (including phenoxy) is 3. The minimum Gasteiger partial charge on any atom is -0.493 e. The fraction of sp³-hybridized carbons (Fsp3) is 0.625. The van der Waals surface area contributed by atoms with Crippen molar-refractivity contribution in [2.75, 3.05) is 27.9 Å². The number of methoxy groups -OCH3 is 3. The second-order valence-corrected chi connectivity index (χ2v) is 8.54. The van der Waals surface area contributed by atoms with Gasteiger partial charge in [0.2, 0.25) is 5.75 Å². The smallest absolute Gasteiger partial charge is 0.203 e. The van der Waals surface area contributed by atoms with Gasteiger partial charge in [-0.1, -0.05) is 24.5 Å². The van der Waals surface area contributed by atoms with Crippen LogP contribution in [0.15, 0.2) is 23.8 Å². The van der Waals surface area contributed by atoms with Crippen molar-refractivity contribution in [2.45, 2.75) is 70.4 Å². The zero-order valence-electron chi connectivity index (χ0n) is 18.7. The second kappa shape index (κ2) is 11.4. The predicted molar refractivity (Wildman–Crippen MR) is 126 cm³/mol. The van der Waals surface area contributed by atoms with E-state index in [-0.39, 0.29) is 0 Å². The topological polar surface area (TPSA) is 43.0 Å². The van der Waals surface area contributed by atoms with E-state index in [4.69, 9.17) is 26.4 Å². The summed E-state index contributed by atoms with van der Waals surface area (Å²) in [5.74, 6) is 2.02. The van der Waals surface area contributed by atoms with Crippen molar-refractivity contribution < 1.29 is 14.2 Å². The summed E-state index contributed by atoms with van der Waals surface area (Å²) in [4.78, 5) is 2.35. The molecule has 6 heteroatoms. The fourth-order valence-electron chi connectivity index (χ4n) is 4.62. The first-order valence-electron chi connectivity index (χ1n) is 11.2. The molecule has 0 aliphatic heterocycles. The standard InChI is InChI=1S/C24H36N2O3S/c1-27-21-14-13-19(22(28-2)23(21)29-3)17-26(20-11-7-8-12-20)24(30)25-16-15-18-9-5-4-6-10-18/h9,13-14,20H,4-8,10-12,15-17H2,1-3H3,(H,25,30). The molecule has 166 valence electrons. The molecule has 0 radical (unpaired) electrons. The van der Waals surface area contributed by atoms with Gasteiger partial charge in [0.15, 0.2) is 16.6 Å². The molecule has 0 saturated heterocycles. The van der Waals surface area contributed by atoms with E-state index in [0.717, 1.165) is 29.4 Å². The van der Waals surface area contributed by atoms with Crippen molar-refractivity contribution >= 4 is 17.3 Å². The highest BCUT2D eigenvalue weighted by Crippen LogP contribution is 2.40. The van der Waals surface area contributed by atoms with E-state index in [0.29, 0.717) is 24.1 Å². The van der Waals surface area contributed by atoms with Crippen molar-refractivity contribution in [3.63, 3.8) is 0 Å². The number of thiocarbonyl (C=S) groups is 1. The van der Waals surface area contributed by atoms with Gasteiger partial charge >= 0.3 is 0 Å². The summed E-state index contributed by atoms with van der Waals surface area (Å²) in [6, 6.07) is 4.46. The van der Waals surface area contributed by atoms with Gasteiger partial charge in [-0.25, -0.2) is 0 Å². The lowest BCUT2D eigenvalue weighted by atomic mass is 9.97. The zero-order valence-corrected chi connectivity index (χ0v) is 19.5. The highest BCUT2D eigenvalue weighted by Gasteiger charge is 2.27. The Morgan fingerprint density at radius 2 is 1.80 bits per heavy atom. The van der Waals surface area contributed by atoms with Crippen LogP contribution in [-0.2, 0) is 6.54 Å². The molecule has 0 aromatic heterocycles. The lowest BCUT2D eigenvalue weighted by Gasteiger charge is -2.32. The average molecular weight is 433 g/mol. The molecule has 3 rings (SSSR count). The fourth-order valence-corrected chi connectivity index (χ4v) is 4.93. The lowest BCUT2D eigenvalue weighted by molar-refractivity contribution is 0.289. The zero-order chi connectivity index (χ0) is 21.3. The van der Waals surface area contributed by atoms with Gasteiger partial charge < -0.3 is 24.4 Å². The molecule has 1 fully saturated rings. The van der Waals surface area contributed by atoms with Gasteiger partial charge in [0.25, 0.3) is 0 Å². The minimum atomic E-state index is 0.469. The minimum absolute atomic E-state index is 0.469. The van der Waals surface area contributed by atoms with Crippen LogP contribution in [0, 0.1) is 0 Å². The van der Waals surface area contributed by atoms with E-state index >= 15 is 0 Å². The average Bonchev–Trinajstić information content (AvgIpc) is 3.31. The highest BCUT2D eigenvalue weighted by molar-refractivity contribution is 7.80. The van der Waals surface area contributed by atoms with Gasteiger partial charge in [-0.05, 0) is 69.3 Å². The second-order valence-electron chi connectivity index (χ2n) is 8.15. The summed E-state index contributed by atoms with van der Waals surface area (Å²) >= 11 is 5.87. The van der Waals surface area contributed by atoms with E-state index in [1.807, 2.05) is 6.07 Å². The summed E-state index contributed by atoms with van der Waals surface area (Å²) in [5.41, 5.74) is 2.63. The van der Waals surface area contributed by atoms with E-state index in [1.54, 1.807) is 26.9 Å². The Hall–Kier alpha value is -1.95. The van der Waals surface area contributed by atoms with Crippen molar-refractivity contribution in [1.82, 2.24) is 10.2 Å². The molecule has 2 aliphatic carbocycles. The quantitative estimate of drug-likeness (QED) is 0.426. The van der Waals surface area contributed by atoms with Crippen LogP contribution in [0.5, 0.6) is 17.2 Å². The predicted octanol–water partition coefficient (Wildman–Crippen LogP) is 5.22. The van der Waals surface area contributed by atoms with Gasteiger partial charge in [0, 0.05) is 24.7 Å².